The lowest BCUT2D eigenvalue weighted by molar-refractivity contribution is 0.0886. The molecule has 0 radical (unpaired) electrons. The van der Waals surface area contributed by atoms with E-state index >= 15 is 0 Å². The van der Waals surface area contributed by atoms with Crippen molar-refractivity contribution in [3.8, 4) is 17.2 Å². The van der Waals surface area contributed by atoms with Gasteiger partial charge in [0, 0.05) is 25.8 Å². The molecule has 0 saturated carbocycles. The van der Waals surface area contributed by atoms with Gasteiger partial charge in [0.25, 0.3) is 0 Å². The number of fused-ring (bicyclic) bond motifs is 1. The summed E-state index contributed by atoms with van der Waals surface area (Å²) in [6.45, 7) is 8.25. The third-order valence-electron chi connectivity index (χ3n) is 4.01. The fourth-order valence-electron chi connectivity index (χ4n) is 2.61. The normalized spacial score (nSPS) is 11.8. The first-order valence-corrected chi connectivity index (χ1v) is 13.5. The van der Waals surface area contributed by atoms with Gasteiger partial charge < -0.3 is 4.74 Å². The van der Waals surface area contributed by atoms with Crippen LogP contribution in [0.25, 0.3) is 21.5 Å². The third kappa shape index (κ3) is 3.87. The van der Waals surface area contributed by atoms with Crippen molar-refractivity contribution in [3.63, 3.8) is 0 Å². The van der Waals surface area contributed by atoms with Crippen LogP contribution in [0.5, 0.6) is 0 Å². The molecule has 0 spiro atoms. The molecule has 0 N–H and O–H groups in total. The lowest BCUT2D eigenvalue weighted by Crippen LogP contribution is -2.22. The predicted octanol–water partition coefficient (Wildman–Crippen LogP) is 5.71. The Labute approximate surface area is 161 Å². The largest absolute Gasteiger partial charge is 0.361 e. The Kier molecular flexibility index (Phi) is 5.44. The zero-order valence-corrected chi connectivity index (χ0v) is 17.9. The number of ether oxygens (including phenoxy) is 1. The van der Waals surface area contributed by atoms with Crippen molar-refractivity contribution in [2.75, 3.05) is 6.61 Å². The highest BCUT2D eigenvalue weighted by Crippen LogP contribution is 2.41. The Balaban J connectivity index is 1.95. The summed E-state index contributed by atoms with van der Waals surface area (Å²) in [5.74, 6) is 0. The molecule has 130 valence electrons. The lowest BCUT2D eigenvalue weighted by Gasteiger charge is -2.16. The molecule has 1 aromatic carbocycles. The van der Waals surface area contributed by atoms with E-state index in [0.717, 1.165) is 38.7 Å². The van der Waals surface area contributed by atoms with Crippen molar-refractivity contribution in [3.05, 3.63) is 39.9 Å². The molecule has 0 unspecified atom stereocenters. The highest BCUT2D eigenvalue weighted by molar-refractivity contribution is 9.10. The van der Waals surface area contributed by atoms with Gasteiger partial charge in [-0.1, -0.05) is 37.8 Å². The zero-order chi connectivity index (χ0) is 18.0. The van der Waals surface area contributed by atoms with E-state index in [0.29, 0.717) is 12.3 Å². The number of hydrogen-bond donors (Lipinski definition) is 0. The van der Waals surface area contributed by atoms with Crippen LogP contribution in [-0.4, -0.2) is 24.2 Å². The fraction of sp³-hybridized carbons (Fsp3) is 0.333. The summed E-state index contributed by atoms with van der Waals surface area (Å²) < 4.78 is 9.96. The Hall–Kier alpha value is -1.46. The smallest absolute Gasteiger partial charge is 0.154 e. The predicted molar refractivity (Wildman–Crippen MR) is 110 cm³/mol. The van der Waals surface area contributed by atoms with Crippen LogP contribution < -0.4 is 0 Å². The summed E-state index contributed by atoms with van der Waals surface area (Å²) in [4.78, 5) is 4.51. The molecule has 2 heterocycles. The van der Waals surface area contributed by atoms with Crippen LogP contribution in [0.2, 0.25) is 25.7 Å². The van der Waals surface area contributed by atoms with E-state index in [1.54, 1.807) is 11.3 Å². The van der Waals surface area contributed by atoms with E-state index in [1.807, 2.05) is 34.3 Å². The van der Waals surface area contributed by atoms with Crippen LogP contribution >= 0.6 is 27.3 Å². The molecule has 25 heavy (non-hydrogen) atoms. The van der Waals surface area contributed by atoms with Crippen molar-refractivity contribution >= 4 is 45.7 Å². The number of halogens is 1. The standard InChI is InChI=1S/C18H20BrN3OSSi/c1-25(2,3)9-8-23-12-22-17(19)15(16-18(22)21-11-24-16)14-7-5-4-6-13(14)10-20/h4-7,11H,8-9,12H2,1-3H3. The number of nitrogens with zero attached hydrogens (tertiary/aromatic N) is 3. The second-order valence-corrected chi connectivity index (χ2v) is 14.3. The summed E-state index contributed by atoms with van der Waals surface area (Å²) in [5.41, 5.74) is 5.34. The second-order valence-electron chi connectivity index (χ2n) is 7.10. The van der Waals surface area contributed by atoms with Gasteiger partial charge in [0.1, 0.15) is 6.73 Å². The minimum Gasteiger partial charge on any atom is -0.361 e. The van der Waals surface area contributed by atoms with Crippen molar-refractivity contribution in [1.29, 1.82) is 5.26 Å². The van der Waals surface area contributed by atoms with E-state index in [-0.39, 0.29) is 0 Å². The van der Waals surface area contributed by atoms with Crippen LogP contribution in [0.4, 0.5) is 0 Å². The average molecular weight is 434 g/mol. The molecule has 0 bridgehead atoms. The van der Waals surface area contributed by atoms with Gasteiger partial charge in [-0.25, -0.2) is 4.98 Å². The monoisotopic (exact) mass is 433 g/mol. The molecule has 4 nitrogen and oxygen atoms in total. The lowest BCUT2D eigenvalue weighted by atomic mass is 10.0. The topological polar surface area (TPSA) is 50.8 Å². The number of aromatic nitrogens is 2. The molecule has 7 heteroatoms. The minimum absolute atomic E-state index is 0.458. The van der Waals surface area contributed by atoms with Gasteiger partial charge in [0.05, 0.1) is 26.4 Å². The first-order chi connectivity index (χ1) is 11.9. The van der Waals surface area contributed by atoms with E-state index < -0.39 is 8.07 Å². The van der Waals surface area contributed by atoms with E-state index in [4.69, 9.17) is 4.74 Å². The average Bonchev–Trinajstić information content (AvgIpc) is 3.12. The molecule has 0 atom stereocenters. The zero-order valence-electron chi connectivity index (χ0n) is 14.5. The van der Waals surface area contributed by atoms with Gasteiger partial charge in [-0.3, -0.25) is 4.57 Å². The van der Waals surface area contributed by atoms with Gasteiger partial charge in [-0.15, -0.1) is 11.3 Å². The highest BCUT2D eigenvalue weighted by Gasteiger charge is 2.21. The van der Waals surface area contributed by atoms with Crippen molar-refractivity contribution in [2.24, 2.45) is 0 Å². The van der Waals surface area contributed by atoms with E-state index in [2.05, 4.69) is 46.6 Å². The maximum Gasteiger partial charge on any atom is 0.154 e. The van der Waals surface area contributed by atoms with Crippen molar-refractivity contribution in [1.82, 2.24) is 9.55 Å². The quantitative estimate of drug-likeness (QED) is 0.369. The molecular formula is C18H20BrN3OSSi. The Morgan fingerprint density at radius 2 is 2.08 bits per heavy atom. The Bertz CT molecular complexity index is 936. The Morgan fingerprint density at radius 1 is 1.32 bits per heavy atom. The molecule has 0 amide bonds. The summed E-state index contributed by atoms with van der Waals surface area (Å²) in [7, 11) is -1.11. The molecular weight excluding hydrogens is 414 g/mol. The summed E-state index contributed by atoms with van der Waals surface area (Å²) >= 11 is 5.30. The van der Waals surface area contributed by atoms with Crippen LogP contribution in [0.3, 0.4) is 0 Å². The SMILES string of the molecule is C[Si](C)(C)CCOCn1c(Br)c(-c2ccccc2C#N)c2scnc21. The van der Waals surface area contributed by atoms with Gasteiger partial charge in [0.15, 0.2) is 5.65 Å². The van der Waals surface area contributed by atoms with Crippen LogP contribution in [0.15, 0.2) is 34.4 Å². The number of thiazole rings is 1. The molecule has 0 aliphatic rings. The molecule has 3 aromatic rings. The summed E-state index contributed by atoms with van der Waals surface area (Å²) in [5, 5.41) is 9.44. The molecule has 0 aliphatic carbocycles. The summed E-state index contributed by atoms with van der Waals surface area (Å²) in [6.07, 6.45) is 0. The fourth-order valence-corrected chi connectivity index (χ4v) is 5.03. The van der Waals surface area contributed by atoms with Gasteiger partial charge in [-0.2, -0.15) is 5.26 Å². The molecule has 0 saturated heterocycles. The number of rotatable bonds is 6. The maximum absolute atomic E-state index is 9.44. The molecule has 0 aliphatic heterocycles. The highest BCUT2D eigenvalue weighted by atomic mass is 79.9. The number of nitriles is 1. The number of benzene rings is 1. The van der Waals surface area contributed by atoms with E-state index in [1.165, 1.54) is 0 Å². The molecule has 0 fully saturated rings. The van der Waals surface area contributed by atoms with Crippen molar-refractivity contribution < 1.29 is 4.74 Å². The maximum atomic E-state index is 9.44. The molecule has 3 rings (SSSR count). The second kappa shape index (κ2) is 7.42. The van der Waals surface area contributed by atoms with E-state index in [9.17, 15) is 5.26 Å². The van der Waals surface area contributed by atoms with Gasteiger partial charge in [-0.05, 0) is 28.0 Å². The Morgan fingerprint density at radius 3 is 2.80 bits per heavy atom. The first-order valence-electron chi connectivity index (χ1n) is 8.11. The first kappa shape index (κ1) is 18.3. The van der Waals surface area contributed by atoms with Crippen LogP contribution in [-0.2, 0) is 11.5 Å². The minimum atomic E-state index is -1.11. The third-order valence-corrected chi connectivity index (χ3v) is 7.37. The number of hydrogen-bond acceptors (Lipinski definition) is 4. The summed E-state index contributed by atoms with van der Waals surface area (Å²) in [6, 6.07) is 11.1. The van der Waals surface area contributed by atoms with Crippen LogP contribution in [0, 0.1) is 11.3 Å². The molecule has 2 aromatic heterocycles. The van der Waals surface area contributed by atoms with Gasteiger partial charge in [0.2, 0.25) is 0 Å². The van der Waals surface area contributed by atoms with Gasteiger partial charge >= 0.3 is 0 Å². The van der Waals surface area contributed by atoms with Crippen LogP contribution in [0.1, 0.15) is 5.56 Å². The van der Waals surface area contributed by atoms with Crippen molar-refractivity contribution in [2.45, 2.75) is 32.4 Å².